The van der Waals surface area contributed by atoms with E-state index in [4.69, 9.17) is 9.47 Å². The molecule has 5 nitrogen and oxygen atoms in total. The van der Waals surface area contributed by atoms with Crippen LogP contribution in [0.25, 0.3) is 0 Å². The fourth-order valence-electron chi connectivity index (χ4n) is 3.70. The van der Waals surface area contributed by atoms with Crippen molar-refractivity contribution in [1.29, 1.82) is 0 Å². The number of nitrogens with one attached hydrogen (secondary N) is 2. The zero-order valence-electron chi connectivity index (χ0n) is 15.8. The van der Waals surface area contributed by atoms with Gasteiger partial charge in [0, 0.05) is 7.05 Å². The predicted molar refractivity (Wildman–Crippen MR) is 101 cm³/mol. The van der Waals surface area contributed by atoms with Gasteiger partial charge in [-0.15, -0.1) is 0 Å². The number of benzene rings is 1. The molecule has 3 unspecified atom stereocenters. The van der Waals surface area contributed by atoms with E-state index >= 15 is 0 Å². The topological polar surface area (TPSA) is 54.9 Å². The van der Waals surface area contributed by atoms with Crippen LogP contribution in [-0.2, 0) is 10.2 Å². The summed E-state index contributed by atoms with van der Waals surface area (Å²) < 4.78 is 11.9. The zero-order valence-corrected chi connectivity index (χ0v) is 15.8. The molecule has 2 N–H and O–H groups in total. The van der Waals surface area contributed by atoms with Gasteiger partial charge in [-0.2, -0.15) is 0 Å². The standard InChI is InChI=1S/C20H31N3O2/c1-20(2,3)15-7-5-6-8-17(15)24-12-11-22-19(21-4)23-16-13-14-9-10-18(16)25-14/h5-8,14,16,18H,9-13H2,1-4H3,(H2,21,22,23). The SMILES string of the molecule is CN=C(NCCOc1ccccc1C(C)(C)C)NC1CC2CCC1O2. The second kappa shape index (κ2) is 7.65. The molecule has 2 heterocycles. The molecule has 3 atom stereocenters. The first-order valence-corrected chi connectivity index (χ1v) is 9.32. The summed E-state index contributed by atoms with van der Waals surface area (Å²) in [4.78, 5) is 4.32. The summed E-state index contributed by atoms with van der Waals surface area (Å²) in [5.74, 6) is 1.79. The maximum atomic E-state index is 6.01. The lowest BCUT2D eigenvalue weighted by Crippen LogP contribution is -2.48. The molecular formula is C20H31N3O2. The third-order valence-electron chi connectivity index (χ3n) is 5.00. The molecule has 1 aromatic carbocycles. The first-order valence-electron chi connectivity index (χ1n) is 9.32. The van der Waals surface area contributed by atoms with E-state index in [1.165, 1.54) is 12.0 Å². The number of hydrogen-bond donors (Lipinski definition) is 2. The molecule has 0 radical (unpaired) electrons. The van der Waals surface area contributed by atoms with Crippen molar-refractivity contribution in [3.05, 3.63) is 29.8 Å². The van der Waals surface area contributed by atoms with Crippen LogP contribution in [0.15, 0.2) is 29.3 Å². The van der Waals surface area contributed by atoms with Gasteiger partial charge in [0.25, 0.3) is 0 Å². The van der Waals surface area contributed by atoms with Crippen LogP contribution >= 0.6 is 0 Å². The molecule has 0 saturated carbocycles. The summed E-state index contributed by atoms with van der Waals surface area (Å²) in [6, 6.07) is 8.65. The highest BCUT2D eigenvalue weighted by molar-refractivity contribution is 5.80. The summed E-state index contributed by atoms with van der Waals surface area (Å²) in [6.45, 7) is 7.92. The number of para-hydroxylation sites is 1. The van der Waals surface area contributed by atoms with Crippen molar-refractivity contribution in [2.24, 2.45) is 4.99 Å². The van der Waals surface area contributed by atoms with E-state index in [1.54, 1.807) is 7.05 Å². The minimum atomic E-state index is 0.0728. The van der Waals surface area contributed by atoms with E-state index in [0.717, 1.165) is 24.6 Å². The van der Waals surface area contributed by atoms with Crippen LogP contribution in [0, 0.1) is 0 Å². The lowest BCUT2D eigenvalue weighted by atomic mass is 9.86. The molecule has 25 heavy (non-hydrogen) atoms. The maximum absolute atomic E-state index is 6.01. The van der Waals surface area contributed by atoms with Gasteiger partial charge in [-0.25, -0.2) is 0 Å². The van der Waals surface area contributed by atoms with Crippen LogP contribution in [0.2, 0.25) is 0 Å². The lowest BCUT2D eigenvalue weighted by Gasteiger charge is -2.24. The summed E-state index contributed by atoms with van der Waals surface area (Å²) in [5.41, 5.74) is 1.31. The Morgan fingerprint density at radius 1 is 1.28 bits per heavy atom. The average molecular weight is 345 g/mol. The second-order valence-electron chi connectivity index (χ2n) is 7.95. The smallest absolute Gasteiger partial charge is 0.191 e. The molecule has 0 aliphatic carbocycles. The van der Waals surface area contributed by atoms with Crippen molar-refractivity contribution in [2.75, 3.05) is 20.2 Å². The summed E-state index contributed by atoms with van der Waals surface area (Å²) in [6.07, 6.45) is 4.24. The third-order valence-corrected chi connectivity index (χ3v) is 5.00. The minimum Gasteiger partial charge on any atom is -0.491 e. The number of rotatable bonds is 5. The van der Waals surface area contributed by atoms with E-state index < -0.39 is 0 Å². The number of nitrogens with zero attached hydrogens (tertiary/aromatic N) is 1. The summed E-state index contributed by atoms with van der Waals surface area (Å²) >= 11 is 0. The largest absolute Gasteiger partial charge is 0.491 e. The van der Waals surface area contributed by atoms with Crippen molar-refractivity contribution < 1.29 is 9.47 Å². The number of hydrogen-bond acceptors (Lipinski definition) is 3. The van der Waals surface area contributed by atoms with Crippen molar-refractivity contribution in [1.82, 2.24) is 10.6 Å². The molecule has 2 aliphatic rings. The quantitative estimate of drug-likeness (QED) is 0.489. The van der Waals surface area contributed by atoms with Crippen LogP contribution in [-0.4, -0.2) is 44.4 Å². The number of aliphatic imine (C=N–C) groups is 1. The Morgan fingerprint density at radius 2 is 2.08 bits per heavy atom. The van der Waals surface area contributed by atoms with E-state index in [-0.39, 0.29) is 5.41 Å². The van der Waals surface area contributed by atoms with E-state index in [2.05, 4.69) is 48.5 Å². The molecule has 0 amide bonds. The highest BCUT2D eigenvalue weighted by Gasteiger charge is 2.41. The minimum absolute atomic E-state index is 0.0728. The van der Waals surface area contributed by atoms with Gasteiger partial charge in [-0.3, -0.25) is 4.99 Å². The first kappa shape index (κ1) is 18.1. The molecular weight excluding hydrogens is 314 g/mol. The highest BCUT2D eigenvalue weighted by atomic mass is 16.5. The molecule has 2 saturated heterocycles. The van der Waals surface area contributed by atoms with E-state index in [1.807, 2.05) is 12.1 Å². The molecule has 3 rings (SSSR count). The van der Waals surface area contributed by atoms with Gasteiger partial charge < -0.3 is 20.1 Å². The number of ether oxygens (including phenoxy) is 2. The van der Waals surface area contributed by atoms with Crippen LogP contribution in [0.3, 0.4) is 0 Å². The fourth-order valence-corrected chi connectivity index (χ4v) is 3.70. The molecule has 0 aromatic heterocycles. The van der Waals surface area contributed by atoms with Gasteiger partial charge in [-0.1, -0.05) is 39.0 Å². The predicted octanol–water partition coefficient (Wildman–Crippen LogP) is 2.85. The normalized spacial score (nSPS) is 25.9. The summed E-state index contributed by atoms with van der Waals surface area (Å²) in [5, 5.41) is 6.83. The Kier molecular flexibility index (Phi) is 5.52. The third kappa shape index (κ3) is 4.46. The van der Waals surface area contributed by atoms with Crippen LogP contribution in [0.4, 0.5) is 0 Å². The average Bonchev–Trinajstić information content (AvgIpc) is 3.20. The Hall–Kier alpha value is -1.75. The summed E-state index contributed by atoms with van der Waals surface area (Å²) in [7, 11) is 1.80. The van der Waals surface area contributed by atoms with Gasteiger partial charge in [0.05, 0.1) is 24.8 Å². The van der Waals surface area contributed by atoms with Gasteiger partial charge in [0.2, 0.25) is 0 Å². The monoisotopic (exact) mass is 345 g/mol. The first-order chi connectivity index (χ1) is 12.0. The van der Waals surface area contributed by atoms with Gasteiger partial charge >= 0.3 is 0 Å². The van der Waals surface area contributed by atoms with Crippen molar-refractivity contribution in [3.63, 3.8) is 0 Å². The van der Waals surface area contributed by atoms with Crippen molar-refractivity contribution in [2.45, 2.75) is 63.7 Å². The number of fused-ring (bicyclic) bond motifs is 2. The zero-order chi connectivity index (χ0) is 17.9. The molecule has 1 aromatic rings. The molecule has 0 spiro atoms. The Labute approximate surface area is 151 Å². The molecule has 2 aliphatic heterocycles. The van der Waals surface area contributed by atoms with Gasteiger partial charge in [0.15, 0.2) is 5.96 Å². The van der Waals surface area contributed by atoms with E-state index in [0.29, 0.717) is 31.4 Å². The number of guanidine groups is 1. The van der Waals surface area contributed by atoms with E-state index in [9.17, 15) is 0 Å². The molecule has 5 heteroatoms. The molecule has 2 fully saturated rings. The Bertz CT molecular complexity index is 609. The molecule has 138 valence electrons. The van der Waals surface area contributed by atoms with Crippen LogP contribution < -0.4 is 15.4 Å². The Balaban J connectivity index is 1.45. The lowest BCUT2D eigenvalue weighted by molar-refractivity contribution is 0.0992. The maximum Gasteiger partial charge on any atom is 0.191 e. The van der Waals surface area contributed by atoms with Crippen molar-refractivity contribution in [3.8, 4) is 5.75 Å². The van der Waals surface area contributed by atoms with Gasteiger partial charge in [-0.05, 0) is 36.3 Å². The van der Waals surface area contributed by atoms with Gasteiger partial charge in [0.1, 0.15) is 12.4 Å². The fraction of sp³-hybridized carbons (Fsp3) is 0.650. The Morgan fingerprint density at radius 3 is 2.72 bits per heavy atom. The van der Waals surface area contributed by atoms with Crippen molar-refractivity contribution >= 4 is 5.96 Å². The molecule has 2 bridgehead atoms. The van der Waals surface area contributed by atoms with Crippen LogP contribution in [0.5, 0.6) is 5.75 Å². The highest BCUT2D eigenvalue weighted by Crippen LogP contribution is 2.34. The van der Waals surface area contributed by atoms with Crippen LogP contribution in [0.1, 0.15) is 45.6 Å². The second-order valence-corrected chi connectivity index (χ2v) is 7.95.